The molecular weight excluding hydrogens is 458 g/mol. The quantitative estimate of drug-likeness (QED) is 0.474. The minimum atomic E-state index is -0.284. The Bertz CT molecular complexity index is 1260. The van der Waals surface area contributed by atoms with Crippen molar-refractivity contribution in [2.24, 2.45) is 43.5 Å². The van der Waals surface area contributed by atoms with E-state index in [0.29, 0.717) is 0 Å². The minimum Gasteiger partial charge on any atom is -0.356 e. The normalized spacial score (nSPS) is 35.2. The number of anilines is 2. The molecule has 1 N–H and O–H groups in total. The second-order valence-corrected chi connectivity index (χ2v) is 13.2. The number of nitrogens with zero attached hydrogens (tertiary/aromatic N) is 2. The van der Waals surface area contributed by atoms with Crippen LogP contribution in [0.4, 0.5) is 22.7 Å². The molecule has 6 rings (SSSR count). The van der Waals surface area contributed by atoms with Gasteiger partial charge >= 0.3 is 0 Å². The maximum atomic E-state index is 13.1. The third-order valence-corrected chi connectivity index (χ3v) is 11.1. The molecule has 37 heavy (non-hydrogen) atoms. The molecule has 2 aromatic rings. The van der Waals surface area contributed by atoms with Gasteiger partial charge in [-0.3, -0.25) is 9.59 Å². The van der Waals surface area contributed by atoms with Gasteiger partial charge in [-0.15, -0.1) is 0 Å². The first-order valence-electron chi connectivity index (χ1n) is 13.6. The molecule has 4 aliphatic carbocycles. The van der Waals surface area contributed by atoms with Gasteiger partial charge in [0.1, 0.15) is 0 Å². The largest absolute Gasteiger partial charge is 0.356 e. The summed E-state index contributed by atoms with van der Waals surface area (Å²) >= 11 is 0. The SMILES string of the molecule is CC1(C)[C@@H]2CC[C@]1(C)C(=O)C2=Nc1ccc(Nc2ccc(N=C3C(=O)[C@@]4(C)CC[C@H]3C4(C)C)cc2)cc1. The zero-order valence-corrected chi connectivity index (χ0v) is 22.8. The number of ketones is 2. The van der Waals surface area contributed by atoms with Crippen molar-refractivity contribution in [1.82, 2.24) is 0 Å². The van der Waals surface area contributed by atoms with E-state index in [0.717, 1.165) is 59.9 Å². The second kappa shape index (κ2) is 7.72. The van der Waals surface area contributed by atoms with Gasteiger partial charge in [0.15, 0.2) is 11.6 Å². The number of carbonyl (C=O) groups excluding carboxylic acids is 2. The van der Waals surface area contributed by atoms with E-state index < -0.39 is 0 Å². The number of aliphatic imine (C=N–C) groups is 2. The topological polar surface area (TPSA) is 70.9 Å². The number of Topliss-reactive ketones (excluding diaryl/α,β-unsaturated/α-hetero) is 2. The van der Waals surface area contributed by atoms with Crippen LogP contribution in [-0.2, 0) is 9.59 Å². The Balaban J connectivity index is 1.16. The fraction of sp³-hybridized carbons (Fsp3) is 0.500. The molecular formula is C32H37N3O2. The van der Waals surface area contributed by atoms with Crippen LogP contribution in [0, 0.1) is 33.5 Å². The van der Waals surface area contributed by atoms with Gasteiger partial charge in [0, 0.05) is 34.0 Å². The van der Waals surface area contributed by atoms with E-state index in [2.05, 4.69) is 46.9 Å². The van der Waals surface area contributed by atoms with Crippen LogP contribution in [0.3, 0.4) is 0 Å². The molecule has 0 radical (unpaired) electrons. The standard InChI is InChI=1S/C32H37N3O2/c1-29(2)23-15-17-31(29,5)27(36)25(23)34-21-11-7-19(8-12-21)33-20-9-13-22(14-10-20)35-26-24-16-18-32(6,28(26)37)30(24,3)4/h7-14,23-24,33H,15-18H2,1-6H3/t23-,24-,31-,32-/m1/s1. The van der Waals surface area contributed by atoms with E-state index >= 15 is 0 Å². The highest BCUT2D eigenvalue weighted by Gasteiger charge is 2.66. The lowest BCUT2D eigenvalue weighted by Crippen LogP contribution is -2.33. The highest BCUT2D eigenvalue weighted by molar-refractivity contribution is 6.46. The van der Waals surface area contributed by atoms with Gasteiger partial charge in [0.2, 0.25) is 0 Å². The summed E-state index contributed by atoms with van der Waals surface area (Å²) in [6.45, 7) is 13.1. The molecule has 2 aromatic carbocycles. The maximum absolute atomic E-state index is 13.1. The highest BCUT2D eigenvalue weighted by Crippen LogP contribution is 2.63. The Hall–Kier alpha value is -3.08. The molecule has 5 heteroatoms. The minimum absolute atomic E-state index is 0.0276. The van der Waals surface area contributed by atoms with E-state index in [-0.39, 0.29) is 45.1 Å². The molecule has 4 aliphatic rings. The molecule has 4 bridgehead atoms. The Kier molecular flexibility index (Phi) is 5.06. The predicted octanol–water partition coefficient (Wildman–Crippen LogP) is 7.63. The lowest BCUT2D eigenvalue weighted by atomic mass is 9.70. The molecule has 0 amide bonds. The van der Waals surface area contributed by atoms with Crippen LogP contribution in [0.1, 0.15) is 67.2 Å². The molecule has 4 saturated carbocycles. The van der Waals surface area contributed by atoms with Crippen molar-refractivity contribution < 1.29 is 9.59 Å². The van der Waals surface area contributed by atoms with Crippen molar-refractivity contribution >= 4 is 45.7 Å². The van der Waals surface area contributed by atoms with Crippen molar-refractivity contribution in [3.63, 3.8) is 0 Å². The molecule has 0 unspecified atom stereocenters. The Morgan fingerprint density at radius 2 is 0.973 bits per heavy atom. The lowest BCUT2D eigenvalue weighted by Gasteiger charge is -2.31. The zero-order valence-electron chi connectivity index (χ0n) is 22.8. The Morgan fingerprint density at radius 1 is 0.622 bits per heavy atom. The van der Waals surface area contributed by atoms with Gasteiger partial charge in [-0.1, -0.05) is 41.5 Å². The Labute approximate surface area is 219 Å². The average molecular weight is 496 g/mol. The summed E-state index contributed by atoms with van der Waals surface area (Å²) in [5.74, 6) is 0.941. The molecule has 4 atom stereocenters. The van der Waals surface area contributed by atoms with E-state index in [4.69, 9.17) is 9.98 Å². The van der Waals surface area contributed by atoms with Gasteiger partial charge in [0.25, 0.3) is 0 Å². The van der Waals surface area contributed by atoms with E-state index in [9.17, 15) is 9.59 Å². The van der Waals surface area contributed by atoms with Crippen molar-refractivity contribution in [2.45, 2.75) is 67.2 Å². The summed E-state index contributed by atoms with van der Waals surface area (Å²) in [4.78, 5) is 35.8. The number of fused-ring (bicyclic) bond motifs is 4. The summed E-state index contributed by atoms with van der Waals surface area (Å²) in [5.41, 5.74) is 4.42. The summed E-state index contributed by atoms with van der Waals surface area (Å²) in [6, 6.07) is 15.8. The van der Waals surface area contributed by atoms with Crippen molar-refractivity contribution in [2.75, 3.05) is 5.32 Å². The van der Waals surface area contributed by atoms with Crippen molar-refractivity contribution in [1.29, 1.82) is 0 Å². The number of hydrogen-bond acceptors (Lipinski definition) is 5. The summed E-state index contributed by atoms with van der Waals surface area (Å²) in [5, 5.41) is 3.42. The van der Waals surface area contributed by atoms with E-state index in [1.54, 1.807) is 0 Å². The molecule has 192 valence electrons. The third kappa shape index (κ3) is 3.22. The van der Waals surface area contributed by atoms with E-state index in [1.807, 2.05) is 48.5 Å². The summed E-state index contributed by atoms with van der Waals surface area (Å²) in [7, 11) is 0. The van der Waals surface area contributed by atoms with Crippen LogP contribution in [0.2, 0.25) is 0 Å². The fourth-order valence-electron chi connectivity index (χ4n) is 7.59. The summed E-state index contributed by atoms with van der Waals surface area (Å²) < 4.78 is 0. The van der Waals surface area contributed by atoms with Crippen molar-refractivity contribution in [3.8, 4) is 0 Å². The molecule has 5 nitrogen and oxygen atoms in total. The number of nitrogens with one attached hydrogen (secondary N) is 1. The molecule has 0 heterocycles. The first-order chi connectivity index (χ1) is 17.4. The number of rotatable bonds is 4. The van der Waals surface area contributed by atoms with Gasteiger partial charge in [-0.25, -0.2) is 9.98 Å². The molecule has 0 spiro atoms. The second-order valence-electron chi connectivity index (χ2n) is 13.2. The monoisotopic (exact) mass is 495 g/mol. The zero-order chi connectivity index (χ0) is 26.4. The van der Waals surface area contributed by atoms with E-state index in [1.165, 1.54) is 0 Å². The number of hydrogen-bond donors (Lipinski definition) is 1. The lowest BCUT2D eigenvalue weighted by molar-refractivity contribution is -0.124. The average Bonchev–Trinajstić information content (AvgIpc) is 3.34. The van der Waals surface area contributed by atoms with Gasteiger partial charge in [-0.2, -0.15) is 0 Å². The molecule has 0 saturated heterocycles. The van der Waals surface area contributed by atoms with Crippen LogP contribution in [0.5, 0.6) is 0 Å². The highest BCUT2D eigenvalue weighted by atomic mass is 16.1. The third-order valence-electron chi connectivity index (χ3n) is 11.1. The van der Waals surface area contributed by atoms with Gasteiger partial charge in [-0.05, 0) is 85.0 Å². The molecule has 4 fully saturated rings. The molecule has 0 aliphatic heterocycles. The first-order valence-corrected chi connectivity index (χ1v) is 13.6. The van der Waals surface area contributed by atoms with Crippen LogP contribution >= 0.6 is 0 Å². The first kappa shape index (κ1) is 24.3. The van der Waals surface area contributed by atoms with Gasteiger partial charge in [0.05, 0.1) is 22.8 Å². The molecule has 0 aromatic heterocycles. The van der Waals surface area contributed by atoms with Crippen LogP contribution < -0.4 is 5.32 Å². The predicted molar refractivity (Wildman–Crippen MR) is 150 cm³/mol. The number of carbonyl (C=O) groups is 2. The van der Waals surface area contributed by atoms with Crippen LogP contribution in [0.15, 0.2) is 58.5 Å². The fourth-order valence-corrected chi connectivity index (χ4v) is 7.59. The number of benzene rings is 2. The van der Waals surface area contributed by atoms with Crippen LogP contribution in [-0.4, -0.2) is 23.0 Å². The van der Waals surface area contributed by atoms with Crippen LogP contribution in [0.25, 0.3) is 0 Å². The summed E-state index contributed by atoms with van der Waals surface area (Å²) in [6.07, 6.45) is 4.01. The maximum Gasteiger partial charge on any atom is 0.183 e. The van der Waals surface area contributed by atoms with Gasteiger partial charge < -0.3 is 5.32 Å². The van der Waals surface area contributed by atoms with Crippen molar-refractivity contribution in [3.05, 3.63) is 48.5 Å². The smallest absolute Gasteiger partial charge is 0.183 e. The Morgan fingerprint density at radius 3 is 1.27 bits per heavy atom.